The third-order valence-corrected chi connectivity index (χ3v) is 3.59. The standard InChI is InChI=1S/C18H18ClN3O4S/c1-2-25-15-5-3-4-12(10-15)17(24)20-18(27)22-21-16(23)11-26-14-8-6-13(19)7-9-14/h3-10H,2,11H2,1H3,(H,21,23)(H2,20,22,24,27). The molecule has 0 atom stereocenters. The number of hydrogen-bond donors (Lipinski definition) is 3. The van der Waals surface area contributed by atoms with Crippen LogP contribution in [0.25, 0.3) is 0 Å². The fraction of sp³-hybridized carbons (Fsp3) is 0.167. The normalized spacial score (nSPS) is 9.85. The Bertz CT molecular complexity index is 815. The van der Waals surface area contributed by atoms with Gasteiger partial charge in [0.05, 0.1) is 6.61 Å². The molecule has 2 rings (SSSR count). The Morgan fingerprint density at radius 1 is 1.04 bits per heavy atom. The van der Waals surface area contributed by atoms with Crippen LogP contribution in [0, 0.1) is 0 Å². The van der Waals surface area contributed by atoms with Crippen molar-refractivity contribution in [3.63, 3.8) is 0 Å². The van der Waals surface area contributed by atoms with Crippen LogP contribution in [0.4, 0.5) is 0 Å². The SMILES string of the molecule is CCOc1cccc(C(=O)NC(=S)NNC(=O)COc2ccc(Cl)cc2)c1. The second kappa shape index (κ2) is 10.3. The minimum atomic E-state index is -0.472. The summed E-state index contributed by atoms with van der Waals surface area (Å²) in [6.07, 6.45) is 0. The van der Waals surface area contributed by atoms with Gasteiger partial charge in [-0.25, -0.2) is 0 Å². The van der Waals surface area contributed by atoms with E-state index in [2.05, 4.69) is 16.2 Å². The highest BCUT2D eigenvalue weighted by molar-refractivity contribution is 7.80. The van der Waals surface area contributed by atoms with Gasteiger partial charge in [0.1, 0.15) is 11.5 Å². The lowest BCUT2D eigenvalue weighted by atomic mass is 10.2. The summed E-state index contributed by atoms with van der Waals surface area (Å²) in [5, 5.41) is 2.97. The Morgan fingerprint density at radius 2 is 1.78 bits per heavy atom. The number of benzene rings is 2. The van der Waals surface area contributed by atoms with Crippen LogP contribution in [-0.2, 0) is 4.79 Å². The Morgan fingerprint density at radius 3 is 2.48 bits per heavy atom. The van der Waals surface area contributed by atoms with Gasteiger partial charge in [0.25, 0.3) is 11.8 Å². The Labute approximate surface area is 167 Å². The molecule has 9 heteroatoms. The zero-order chi connectivity index (χ0) is 19.6. The van der Waals surface area contributed by atoms with Crippen LogP contribution in [0.15, 0.2) is 48.5 Å². The number of hydrazine groups is 1. The number of nitrogens with one attached hydrogen (secondary N) is 3. The number of rotatable bonds is 6. The summed E-state index contributed by atoms with van der Waals surface area (Å²) in [4.78, 5) is 23.9. The molecule has 0 aliphatic carbocycles. The highest BCUT2D eigenvalue weighted by Gasteiger charge is 2.10. The molecule has 0 aliphatic heterocycles. The van der Waals surface area contributed by atoms with Crippen LogP contribution < -0.4 is 25.6 Å². The molecular weight excluding hydrogens is 390 g/mol. The molecule has 0 heterocycles. The molecule has 2 amide bonds. The van der Waals surface area contributed by atoms with E-state index < -0.39 is 11.8 Å². The summed E-state index contributed by atoms with van der Waals surface area (Å²) in [5.74, 6) is 0.178. The van der Waals surface area contributed by atoms with Crippen LogP contribution in [0.5, 0.6) is 11.5 Å². The largest absolute Gasteiger partial charge is 0.494 e. The zero-order valence-corrected chi connectivity index (χ0v) is 16.0. The van der Waals surface area contributed by atoms with E-state index in [1.165, 1.54) is 0 Å². The summed E-state index contributed by atoms with van der Waals surface area (Å²) in [7, 11) is 0. The molecular formula is C18H18ClN3O4S. The lowest BCUT2D eigenvalue weighted by Crippen LogP contribution is -2.49. The van der Waals surface area contributed by atoms with Crippen LogP contribution >= 0.6 is 23.8 Å². The molecule has 0 spiro atoms. The van der Waals surface area contributed by atoms with E-state index in [9.17, 15) is 9.59 Å². The summed E-state index contributed by atoms with van der Waals surface area (Å²) >= 11 is 10.7. The van der Waals surface area contributed by atoms with Gasteiger partial charge >= 0.3 is 0 Å². The average Bonchev–Trinajstić information content (AvgIpc) is 2.66. The number of carbonyl (C=O) groups is 2. The van der Waals surface area contributed by atoms with E-state index in [4.69, 9.17) is 33.3 Å². The molecule has 0 radical (unpaired) electrons. The molecule has 0 bridgehead atoms. The van der Waals surface area contributed by atoms with Crippen LogP contribution in [0.3, 0.4) is 0 Å². The molecule has 27 heavy (non-hydrogen) atoms. The van der Waals surface area contributed by atoms with Crippen molar-refractivity contribution >= 4 is 40.7 Å². The first-order valence-electron chi connectivity index (χ1n) is 7.99. The van der Waals surface area contributed by atoms with Gasteiger partial charge in [-0.3, -0.25) is 25.8 Å². The molecule has 7 nitrogen and oxygen atoms in total. The Kier molecular flexibility index (Phi) is 7.84. The lowest BCUT2D eigenvalue weighted by molar-refractivity contribution is -0.123. The van der Waals surface area contributed by atoms with Gasteiger partial charge in [0.2, 0.25) is 0 Å². The maximum Gasteiger partial charge on any atom is 0.276 e. The van der Waals surface area contributed by atoms with E-state index in [1.807, 2.05) is 6.92 Å². The molecule has 142 valence electrons. The van der Waals surface area contributed by atoms with Crippen LogP contribution in [0.1, 0.15) is 17.3 Å². The van der Waals surface area contributed by atoms with E-state index in [1.54, 1.807) is 48.5 Å². The van der Waals surface area contributed by atoms with Gasteiger partial charge in [-0.05, 0) is 61.6 Å². The van der Waals surface area contributed by atoms with Gasteiger partial charge in [0.15, 0.2) is 11.7 Å². The van der Waals surface area contributed by atoms with Gasteiger partial charge in [0, 0.05) is 10.6 Å². The summed E-state index contributed by atoms with van der Waals surface area (Å²) in [6, 6.07) is 13.3. The van der Waals surface area contributed by atoms with E-state index in [0.717, 1.165) is 0 Å². The molecule has 0 unspecified atom stereocenters. The molecule has 3 N–H and O–H groups in total. The lowest BCUT2D eigenvalue weighted by Gasteiger charge is -2.12. The highest BCUT2D eigenvalue weighted by Crippen LogP contribution is 2.15. The second-order valence-electron chi connectivity index (χ2n) is 5.16. The molecule has 2 aromatic carbocycles. The number of halogens is 1. The summed E-state index contributed by atoms with van der Waals surface area (Å²) in [6.45, 7) is 2.11. The van der Waals surface area contributed by atoms with Gasteiger partial charge in [-0.1, -0.05) is 17.7 Å². The predicted molar refractivity (Wildman–Crippen MR) is 106 cm³/mol. The van der Waals surface area contributed by atoms with Crippen molar-refractivity contribution in [2.45, 2.75) is 6.92 Å². The highest BCUT2D eigenvalue weighted by atomic mass is 35.5. The van der Waals surface area contributed by atoms with Gasteiger partial charge in [-0.15, -0.1) is 0 Å². The van der Waals surface area contributed by atoms with Gasteiger partial charge < -0.3 is 9.47 Å². The number of carbonyl (C=O) groups excluding carboxylic acids is 2. The molecule has 0 fully saturated rings. The Hall–Kier alpha value is -2.84. The molecule has 0 saturated carbocycles. The summed E-state index contributed by atoms with van der Waals surface area (Å²) in [5.41, 5.74) is 5.15. The first-order chi connectivity index (χ1) is 13.0. The number of thiocarbonyl (C=S) groups is 1. The quantitative estimate of drug-likeness (QED) is 0.503. The minimum absolute atomic E-state index is 0.0540. The molecule has 0 aliphatic rings. The smallest absolute Gasteiger partial charge is 0.276 e. The fourth-order valence-corrected chi connectivity index (χ4v) is 2.21. The Balaban J connectivity index is 1.74. The van der Waals surface area contributed by atoms with Crippen molar-refractivity contribution in [2.75, 3.05) is 13.2 Å². The minimum Gasteiger partial charge on any atom is -0.494 e. The van der Waals surface area contributed by atoms with Crippen molar-refractivity contribution in [3.8, 4) is 11.5 Å². The monoisotopic (exact) mass is 407 g/mol. The van der Waals surface area contributed by atoms with Crippen molar-refractivity contribution in [1.29, 1.82) is 0 Å². The van der Waals surface area contributed by atoms with E-state index >= 15 is 0 Å². The maximum absolute atomic E-state index is 12.2. The average molecular weight is 408 g/mol. The maximum atomic E-state index is 12.2. The van der Waals surface area contributed by atoms with Crippen molar-refractivity contribution in [3.05, 3.63) is 59.1 Å². The third kappa shape index (κ3) is 7.12. The first kappa shape index (κ1) is 20.5. The molecule has 0 aromatic heterocycles. The van der Waals surface area contributed by atoms with E-state index in [-0.39, 0.29) is 11.7 Å². The first-order valence-corrected chi connectivity index (χ1v) is 8.78. The van der Waals surface area contributed by atoms with E-state index in [0.29, 0.717) is 28.7 Å². The third-order valence-electron chi connectivity index (χ3n) is 3.13. The fourth-order valence-electron chi connectivity index (χ4n) is 1.94. The van der Waals surface area contributed by atoms with Crippen molar-refractivity contribution in [2.24, 2.45) is 0 Å². The van der Waals surface area contributed by atoms with Crippen LogP contribution in [0.2, 0.25) is 5.02 Å². The van der Waals surface area contributed by atoms with Gasteiger partial charge in [-0.2, -0.15) is 0 Å². The van der Waals surface area contributed by atoms with Crippen molar-refractivity contribution < 1.29 is 19.1 Å². The second-order valence-corrected chi connectivity index (χ2v) is 6.00. The topological polar surface area (TPSA) is 88.7 Å². The predicted octanol–water partition coefficient (Wildman–Crippen LogP) is 2.45. The number of amides is 2. The summed E-state index contributed by atoms with van der Waals surface area (Å²) < 4.78 is 10.6. The number of ether oxygens (including phenoxy) is 2. The van der Waals surface area contributed by atoms with Crippen molar-refractivity contribution in [1.82, 2.24) is 16.2 Å². The molecule has 2 aromatic rings. The zero-order valence-electron chi connectivity index (χ0n) is 14.5. The van der Waals surface area contributed by atoms with Crippen LogP contribution in [-0.4, -0.2) is 30.1 Å². The number of hydrogen-bond acceptors (Lipinski definition) is 5. The molecule has 0 saturated heterocycles.